The predicted octanol–water partition coefficient (Wildman–Crippen LogP) is 4.73. The Bertz CT molecular complexity index is 1350. The number of nitrogens with one attached hydrogen (secondary N) is 1. The molecular formula is C29H34ClN3O5S. The van der Waals surface area contributed by atoms with Gasteiger partial charge in [0.2, 0.25) is 11.8 Å². The Kier molecular flexibility index (Phi) is 10.4. The fraction of sp³-hybridized carbons (Fsp3) is 0.310. The average Bonchev–Trinajstić information content (AvgIpc) is 2.94. The molecule has 0 saturated heterocycles. The van der Waals surface area contributed by atoms with Crippen molar-refractivity contribution < 1.29 is 22.7 Å². The first kappa shape index (κ1) is 30.0. The van der Waals surface area contributed by atoms with Crippen LogP contribution in [0.2, 0.25) is 5.02 Å². The van der Waals surface area contributed by atoms with Crippen LogP contribution in [0.15, 0.2) is 83.8 Å². The van der Waals surface area contributed by atoms with E-state index in [1.807, 2.05) is 13.8 Å². The summed E-state index contributed by atoms with van der Waals surface area (Å²) in [5, 5.41) is 3.41. The number of rotatable bonds is 12. The summed E-state index contributed by atoms with van der Waals surface area (Å²) in [5.41, 5.74) is 1.07. The molecule has 10 heteroatoms. The molecule has 0 aliphatic heterocycles. The highest BCUT2D eigenvalue weighted by atomic mass is 35.5. The van der Waals surface area contributed by atoms with E-state index in [9.17, 15) is 18.0 Å². The zero-order valence-electron chi connectivity index (χ0n) is 22.5. The van der Waals surface area contributed by atoms with Gasteiger partial charge >= 0.3 is 0 Å². The molecule has 0 aromatic heterocycles. The molecular weight excluding hydrogens is 538 g/mol. The number of hydrogen-bond acceptors (Lipinski definition) is 5. The van der Waals surface area contributed by atoms with Crippen molar-refractivity contribution in [2.45, 2.75) is 38.3 Å². The lowest BCUT2D eigenvalue weighted by Gasteiger charge is -2.32. The summed E-state index contributed by atoms with van der Waals surface area (Å²) < 4.78 is 33.8. The van der Waals surface area contributed by atoms with Gasteiger partial charge in [0.1, 0.15) is 18.3 Å². The lowest BCUT2D eigenvalue weighted by molar-refractivity contribution is -0.139. The van der Waals surface area contributed by atoms with Crippen LogP contribution in [0.1, 0.15) is 26.3 Å². The predicted molar refractivity (Wildman–Crippen MR) is 153 cm³/mol. The van der Waals surface area contributed by atoms with Crippen molar-refractivity contribution in [3.05, 3.63) is 89.4 Å². The molecule has 2 amide bonds. The Hall–Kier alpha value is -3.56. The molecule has 0 aliphatic carbocycles. The second kappa shape index (κ2) is 13.5. The molecule has 208 valence electrons. The third-order valence-electron chi connectivity index (χ3n) is 6.09. The van der Waals surface area contributed by atoms with E-state index in [2.05, 4.69) is 5.32 Å². The molecule has 0 spiro atoms. The highest BCUT2D eigenvalue weighted by molar-refractivity contribution is 7.92. The molecule has 3 rings (SSSR count). The zero-order valence-corrected chi connectivity index (χ0v) is 24.1. The highest BCUT2D eigenvalue weighted by Crippen LogP contribution is 2.26. The topological polar surface area (TPSA) is 96.0 Å². The first-order valence-electron chi connectivity index (χ1n) is 12.6. The standard InChI is InChI=1S/C29H34ClN3O5S/c1-21(2)18-31-29(35)22(3)32(19-23-10-12-24(30)13-11-23)28(34)20-33(25-8-6-5-7-9-25)39(36,37)27-16-14-26(38-4)15-17-27/h5-17,21-22H,18-20H2,1-4H3,(H,31,35)/t22-/m1/s1. The van der Waals surface area contributed by atoms with E-state index in [4.69, 9.17) is 16.3 Å². The number of benzene rings is 3. The lowest BCUT2D eigenvalue weighted by atomic mass is 10.1. The molecule has 0 bridgehead atoms. The maximum absolute atomic E-state index is 13.9. The summed E-state index contributed by atoms with van der Waals surface area (Å²) in [4.78, 5) is 28.3. The third kappa shape index (κ3) is 7.97. The minimum Gasteiger partial charge on any atom is -0.497 e. The first-order valence-corrected chi connectivity index (χ1v) is 14.4. The van der Waals surface area contributed by atoms with Crippen LogP contribution in [-0.2, 0) is 26.2 Å². The summed E-state index contributed by atoms with van der Waals surface area (Å²) in [6.45, 7) is 5.63. The summed E-state index contributed by atoms with van der Waals surface area (Å²) in [5.74, 6) is -0.121. The molecule has 0 unspecified atom stereocenters. The Morgan fingerprint density at radius 2 is 1.54 bits per heavy atom. The summed E-state index contributed by atoms with van der Waals surface area (Å²) >= 11 is 6.03. The van der Waals surface area contributed by atoms with Gasteiger partial charge in [-0.3, -0.25) is 13.9 Å². The van der Waals surface area contributed by atoms with Gasteiger partial charge in [-0.1, -0.05) is 55.8 Å². The highest BCUT2D eigenvalue weighted by Gasteiger charge is 2.32. The van der Waals surface area contributed by atoms with Crippen LogP contribution in [0, 0.1) is 5.92 Å². The molecule has 3 aromatic rings. The second-order valence-electron chi connectivity index (χ2n) is 9.49. The van der Waals surface area contributed by atoms with Gasteiger partial charge in [0.25, 0.3) is 10.0 Å². The fourth-order valence-electron chi connectivity index (χ4n) is 3.82. The van der Waals surface area contributed by atoms with Crippen LogP contribution in [0.3, 0.4) is 0 Å². The van der Waals surface area contributed by atoms with Gasteiger partial charge in [0.15, 0.2) is 0 Å². The summed E-state index contributed by atoms with van der Waals surface area (Å²) in [6.07, 6.45) is 0. The minimum absolute atomic E-state index is 0.00642. The molecule has 1 N–H and O–H groups in total. The van der Waals surface area contributed by atoms with Gasteiger partial charge < -0.3 is 15.0 Å². The third-order valence-corrected chi connectivity index (χ3v) is 8.13. The van der Waals surface area contributed by atoms with Crippen molar-refractivity contribution in [2.24, 2.45) is 5.92 Å². The number of halogens is 1. The van der Waals surface area contributed by atoms with Crippen LogP contribution < -0.4 is 14.4 Å². The molecule has 39 heavy (non-hydrogen) atoms. The zero-order chi connectivity index (χ0) is 28.6. The number of carbonyl (C=O) groups is 2. The van der Waals surface area contributed by atoms with Crippen molar-refractivity contribution in [1.29, 1.82) is 0 Å². The van der Waals surface area contributed by atoms with Gasteiger partial charge in [-0.15, -0.1) is 0 Å². The van der Waals surface area contributed by atoms with Crippen LogP contribution in [0.25, 0.3) is 0 Å². The van der Waals surface area contributed by atoms with E-state index < -0.39 is 28.5 Å². The van der Waals surface area contributed by atoms with E-state index in [1.165, 1.54) is 24.1 Å². The van der Waals surface area contributed by atoms with Gasteiger partial charge in [0, 0.05) is 18.1 Å². The maximum Gasteiger partial charge on any atom is 0.264 e. The first-order chi connectivity index (χ1) is 18.5. The number of hydrogen-bond donors (Lipinski definition) is 1. The number of methoxy groups -OCH3 is 1. The van der Waals surface area contributed by atoms with Gasteiger partial charge in [-0.2, -0.15) is 0 Å². The number of nitrogens with zero attached hydrogens (tertiary/aromatic N) is 2. The quantitative estimate of drug-likeness (QED) is 0.339. The van der Waals surface area contributed by atoms with Crippen molar-refractivity contribution in [3.8, 4) is 5.75 Å². The Morgan fingerprint density at radius 3 is 2.10 bits per heavy atom. The molecule has 0 radical (unpaired) electrons. The van der Waals surface area contributed by atoms with Gasteiger partial charge in [-0.05, 0) is 66.9 Å². The van der Waals surface area contributed by atoms with E-state index in [0.717, 1.165) is 9.87 Å². The monoisotopic (exact) mass is 571 g/mol. The Labute approximate surface area is 235 Å². The van der Waals surface area contributed by atoms with Crippen LogP contribution in [0.4, 0.5) is 5.69 Å². The summed E-state index contributed by atoms with van der Waals surface area (Å²) in [6, 6.07) is 20.4. The van der Waals surface area contributed by atoms with Crippen molar-refractivity contribution in [3.63, 3.8) is 0 Å². The fourth-order valence-corrected chi connectivity index (χ4v) is 5.36. The summed E-state index contributed by atoms with van der Waals surface area (Å²) in [7, 11) is -2.65. The molecule has 1 atom stereocenters. The van der Waals surface area contributed by atoms with Crippen LogP contribution in [0.5, 0.6) is 5.75 Å². The molecule has 0 heterocycles. The molecule has 0 fully saturated rings. The normalized spacial score (nSPS) is 12.1. The number of carbonyl (C=O) groups excluding carboxylic acids is 2. The van der Waals surface area contributed by atoms with Gasteiger partial charge in [0.05, 0.1) is 17.7 Å². The number of para-hydroxylation sites is 1. The Morgan fingerprint density at radius 1 is 0.923 bits per heavy atom. The van der Waals surface area contributed by atoms with Crippen LogP contribution in [-0.4, -0.2) is 51.4 Å². The number of anilines is 1. The number of amides is 2. The smallest absolute Gasteiger partial charge is 0.264 e. The Balaban J connectivity index is 1.98. The van der Waals surface area contributed by atoms with Crippen molar-refractivity contribution >= 4 is 39.1 Å². The molecule has 3 aromatic carbocycles. The molecule has 0 aliphatic rings. The van der Waals surface area contributed by atoms with E-state index in [1.54, 1.807) is 73.7 Å². The molecule has 0 saturated carbocycles. The van der Waals surface area contributed by atoms with E-state index in [0.29, 0.717) is 23.0 Å². The maximum atomic E-state index is 13.9. The molecule has 8 nitrogen and oxygen atoms in total. The van der Waals surface area contributed by atoms with E-state index in [-0.39, 0.29) is 23.3 Å². The van der Waals surface area contributed by atoms with E-state index >= 15 is 0 Å². The van der Waals surface area contributed by atoms with Crippen molar-refractivity contribution in [2.75, 3.05) is 24.5 Å². The van der Waals surface area contributed by atoms with Crippen LogP contribution >= 0.6 is 11.6 Å². The minimum atomic E-state index is -4.14. The number of sulfonamides is 1. The average molecular weight is 572 g/mol. The van der Waals surface area contributed by atoms with Crippen molar-refractivity contribution in [1.82, 2.24) is 10.2 Å². The van der Waals surface area contributed by atoms with Gasteiger partial charge in [-0.25, -0.2) is 8.42 Å². The second-order valence-corrected chi connectivity index (χ2v) is 11.8. The number of ether oxygens (including phenoxy) is 1. The SMILES string of the molecule is COc1ccc(S(=O)(=O)N(CC(=O)N(Cc2ccc(Cl)cc2)[C@H](C)C(=O)NCC(C)C)c2ccccc2)cc1. The largest absolute Gasteiger partial charge is 0.497 e. The lowest BCUT2D eigenvalue weighted by Crippen LogP contribution is -2.51.